The van der Waals surface area contributed by atoms with Crippen molar-refractivity contribution in [1.82, 2.24) is 15.3 Å². The van der Waals surface area contributed by atoms with Gasteiger partial charge in [0.1, 0.15) is 12.4 Å². The molecule has 1 unspecified atom stereocenters. The van der Waals surface area contributed by atoms with Crippen molar-refractivity contribution in [3.05, 3.63) is 124 Å². The van der Waals surface area contributed by atoms with Crippen molar-refractivity contribution in [2.45, 2.75) is 39.8 Å². The summed E-state index contributed by atoms with van der Waals surface area (Å²) in [4.78, 5) is 21.8. The van der Waals surface area contributed by atoms with Gasteiger partial charge in [-0.05, 0) is 67.8 Å². The summed E-state index contributed by atoms with van der Waals surface area (Å²) in [6.07, 6.45) is 3.80. The number of ether oxygens (including phenoxy) is 1. The molecule has 0 spiro atoms. The summed E-state index contributed by atoms with van der Waals surface area (Å²) in [6, 6.07) is 23.3. The zero-order valence-corrected chi connectivity index (χ0v) is 19.8. The molecule has 1 N–H and O–H groups in total. The van der Waals surface area contributed by atoms with E-state index in [1.54, 1.807) is 12.4 Å². The highest BCUT2D eigenvalue weighted by molar-refractivity contribution is 5.79. The third-order valence-corrected chi connectivity index (χ3v) is 5.82. The lowest BCUT2D eigenvalue weighted by Gasteiger charge is -2.21. The molecule has 0 bridgehead atoms. The first kappa shape index (κ1) is 23.2. The van der Waals surface area contributed by atoms with Crippen molar-refractivity contribution in [3.63, 3.8) is 0 Å². The zero-order chi connectivity index (χ0) is 23.9. The molecule has 0 aliphatic heterocycles. The number of aromatic nitrogens is 2. The van der Waals surface area contributed by atoms with E-state index in [0.29, 0.717) is 6.61 Å². The summed E-state index contributed by atoms with van der Waals surface area (Å²) in [5.41, 5.74) is 7.11. The van der Waals surface area contributed by atoms with Crippen LogP contribution in [0.15, 0.2) is 85.2 Å². The van der Waals surface area contributed by atoms with Gasteiger partial charge in [0.2, 0.25) is 5.91 Å². The van der Waals surface area contributed by atoms with Gasteiger partial charge in [0.05, 0.1) is 18.2 Å². The summed E-state index contributed by atoms with van der Waals surface area (Å²) in [6.45, 7) is 6.56. The Labute approximate surface area is 200 Å². The minimum Gasteiger partial charge on any atom is -0.489 e. The standard InChI is InChI=1S/C29H29N3O2/c1-20-9-14-26(21(2)17-20)29(27-8-4-5-15-31-27)32-28(33)18-23-10-12-25(13-11-23)34-19-24-7-6-16-30-22(24)3/h4-17,29H,18-19H2,1-3H3,(H,32,33). The quantitative estimate of drug-likeness (QED) is 0.388. The van der Waals surface area contributed by atoms with Gasteiger partial charge in [-0.2, -0.15) is 0 Å². The number of pyridine rings is 2. The third kappa shape index (κ3) is 5.87. The Morgan fingerprint density at radius 2 is 1.71 bits per heavy atom. The maximum Gasteiger partial charge on any atom is 0.225 e. The van der Waals surface area contributed by atoms with Crippen molar-refractivity contribution in [3.8, 4) is 5.75 Å². The highest BCUT2D eigenvalue weighted by Gasteiger charge is 2.20. The van der Waals surface area contributed by atoms with Crippen LogP contribution < -0.4 is 10.1 Å². The average molecular weight is 452 g/mol. The number of hydrogen-bond donors (Lipinski definition) is 1. The molecule has 0 aliphatic rings. The minimum atomic E-state index is -0.306. The molecule has 5 heteroatoms. The van der Waals surface area contributed by atoms with Gasteiger partial charge in [0, 0.05) is 23.7 Å². The Morgan fingerprint density at radius 3 is 2.41 bits per heavy atom. The molecule has 0 saturated heterocycles. The lowest BCUT2D eigenvalue weighted by Crippen LogP contribution is -2.31. The van der Waals surface area contributed by atoms with Crippen LogP contribution in [0, 0.1) is 20.8 Å². The van der Waals surface area contributed by atoms with E-state index in [9.17, 15) is 4.79 Å². The van der Waals surface area contributed by atoms with E-state index in [2.05, 4.69) is 47.3 Å². The van der Waals surface area contributed by atoms with Crippen LogP contribution >= 0.6 is 0 Å². The fourth-order valence-electron chi connectivity index (χ4n) is 3.94. The van der Waals surface area contributed by atoms with Gasteiger partial charge < -0.3 is 10.1 Å². The first-order valence-electron chi connectivity index (χ1n) is 11.4. The molecule has 4 aromatic rings. The van der Waals surface area contributed by atoms with E-state index in [1.807, 2.05) is 61.5 Å². The highest BCUT2D eigenvalue weighted by Crippen LogP contribution is 2.25. The van der Waals surface area contributed by atoms with E-state index in [4.69, 9.17) is 4.74 Å². The normalized spacial score (nSPS) is 11.6. The molecule has 5 nitrogen and oxygen atoms in total. The lowest BCUT2D eigenvalue weighted by atomic mass is 9.96. The Hall–Kier alpha value is -3.99. The van der Waals surface area contributed by atoms with Crippen LogP contribution in [0.3, 0.4) is 0 Å². The molecule has 1 amide bonds. The van der Waals surface area contributed by atoms with Crippen LogP contribution in [0.5, 0.6) is 5.75 Å². The predicted octanol–water partition coefficient (Wildman–Crippen LogP) is 5.43. The first-order valence-corrected chi connectivity index (χ1v) is 11.4. The molecule has 0 fully saturated rings. The molecular weight excluding hydrogens is 422 g/mol. The summed E-state index contributed by atoms with van der Waals surface area (Å²) in [5, 5.41) is 3.19. The first-order chi connectivity index (χ1) is 16.5. The van der Waals surface area contributed by atoms with E-state index < -0.39 is 0 Å². The van der Waals surface area contributed by atoms with E-state index >= 15 is 0 Å². The molecule has 2 aromatic heterocycles. The number of nitrogens with one attached hydrogen (secondary N) is 1. The van der Waals surface area contributed by atoms with Gasteiger partial charge in [0.25, 0.3) is 0 Å². The summed E-state index contributed by atoms with van der Waals surface area (Å²) in [7, 11) is 0. The van der Waals surface area contributed by atoms with Crippen molar-refractivity contribution in [1.29, 1.82) is 0 Å². The van der Waals surface area contributed by atoms with E-state index in [0.717, 1.165) is 39.4 Å². The SMILES string of the molecule is Cc1ccc(C(NC(=O)Cc2ccc(OCc3cccnc3C)cc2)c2ccccn2)c(C)c1. The summed E-state index contributed by atoms with van der Waals surface area (Å²) < 4.78 is 5.89. The number of rotatable bonds is 8. The zero-order valence-electron chi connectivity index (χ0n) is 19.8. The smallest absolute Gasteiger partial charge is 0.225 e. The molecule has 1 atom stereocenters. The maximum atomic E-state index is 13.0. The Balaban J connectivity index is 1.43. The Bertz CT molecular complexity index is 1250. The Kier molecular flexibility index (Phi) is 7.33. The molecule has 172 valence electrons. The van der Waals surface area contributed by atoms with Gasteiger partial charge in [-0.1, -0.05) is 48.0 Å². The largest absolute Gasteiger partial charge is 0.489 e. The number of benzene rings is 2. The molecule has 0 radical (unpaired) electrons. The monoisotopic (exact) mass is 451 g/mol. The summed E-state index contributed by atoms with van der Waals surface area (Å²) >= 11 is 0. The van der Waals surface area contributed by atoms with Gasteiger partial charge in [-0.25, -0.2) is 0 Å². The highest BCUT2D eigenvalue weighted by atomic mass is 16.5. The molecule has 0 aliphatic carbocycles. The third-order valence-electron chi connectivity index (χ3n) is 5.82. The van der Waals surface area contributed by atoms with Crippen LogP contribution in [0.2, 0.25) is 0 Å². The number of nitrogens with zero attached hydrogens (tertiary/aromatic N) is 2. The second-order valence-corrected chi connectivity index (χ2v) is 8.47. The van der Waals surface area contributed by atoms with E-state index in [-0.39, 0.29) is 18.4 Å². The topological polar surface area (TPSA) is 64.1 Å². The minimum absolute atomic E-state index is 0.0599. The lowest BCUT2D eigenvalue weighted by molar-refractivity contribution is -0.121. The number of carbonyl (C=O) groups is 1. The molecule has 34 heavy (non-hydrogen) atoms. The van der Waals surface area contributed by atoms with Crippen LogP contribution in [0.25, 0.3) is 0 Å². The van der Waals surface area contributed by atoms with Crippen LogP contribution in [-0.2, 0) is 17.8 Å². The molecular formula is C29H29N3O2. The van der Waals surface area contributed by atoms with Crippen molar-refractivity contribution in [2.24, 2.45) is 0 Å². The van der Waals surface area contributed by atoms with E-state index in [1.165, 1.54) is 5.56 Å². The van der Waals surface area contributed by atoms with Crippen LogP contribution in [0.4, 0.5) is 0 Å². The number of aryl methyl sites for hydroxylation is 3. The van der Waals surface area contributed by atoms with Crippen molar-refractivity contribution < 1.29 is 9.53 Å². The van der Waals surface area contributed by atoms with Gasteiger partial charge >= 0.3 is 0 Å². The van der Waals surface area contributed by atoms with Gasteiger partial charge in [-0.15, -0.1) is 0 Å². The molecule has 4 rings (SSSR count). The van der Waals surface area contributed by atoms with Crippen molar-refractivity contribution in [2.75, 3.05) is 0 Å². The van der Waals surface area contributed by atoms with Crippen LogP contribution in [-0.4, -0.2) is 15.9 Å². The fourth-order valence-corrected chi connectivity index (χ4v) is 3.94. The number of carbonyl (C=O) groups excluding carboxylic acids is 1. The van der Waals surface area contributed by atoms with Crippen molar-refractivity contribution >= 4 is 5.91 Å². The second kappa shape index (κ2) is 10.8. The van der Waals surface area contributed by atoms with Gasteiger partial charge in [0.15, 0.2) is 0 Å². The fraction of sp³-hybridized carbons (Fsp3) is 0.207. The maximum absolute atomic E-state index is 13.0. The molecule has 2 aromatic carbocycles. The number of hydrogen-bond acceptors (Lipinski definition) is 4. The molecule has 2 heterocycles. The number of amides is 1. The van der Waals surface area contributed by atoms with Crippen LogP contribution in [0.1, 0.15) is 45.2 Å². The summed E-state index contributed by atoms with van der Waals surface area (Å²) in [5.74, 6) is 0.698. The molecule has 0 saturated carbocycles. The van der Waals surface area contributed by atoms with Gasteiger partial charge in [-0.3, -0.25) is 14.8 Å². The Morgan fingerprint density at radius 1 is 0.912 bits per heavy atom. The second-order valence-electron chi connectivity index (χ2n) is 8.47. The average Bonchev–Trinajstić information content (AvgIpc) is 2.84. The predicted molar refractivity (Wildman–Crippen MR) is 134 cm³/mol.